The average molecular weight is 391 g/mol. The summed E-state index contributed by atoms with van der Waals surface area (Å²) in [6.45, 7) is 6.13. The first-order valence-electron chi connectivity index (χ1n) is 9.36. The standard InChI is InChI=1S/C18H25N5O5/c1-11(2)10-12(21-15(24)13-14(28-13)17(26)27)16(25)22-6-8-23(9-7-22)18-19-4-3-5-20-18/h3-5,11-14H,6-10H2,1-2H3,(H,21,24)(H,26,27)/t12-,13-,14-/m0/s1. The number of amides is 2. The number of aromatic nitrogens is 2. The molecule has 3 rings (SSSR count). The van der Waals surface area contributed by atoms with Crippen LogP contribution in [0.3, 0.4) is 0 Å². The van der Waals surface area contributed by atoms with Crippen molar-refractivity contribution in [2.45, 2.75) is 38.5 Å². The largest absolute Gasteiger partial charge is 0.479 e. The normalized spacial score (nSPS) is 22.7. The summed E-state index contributed by atoms with van der Waals surface area (Å²) >= 11 is 0. The maximum absolute atomic E-state index is 13.0. The number of hydrogen-bond donors (Lipinski definition) is 2. The highest BCUT2D eigenvalue weighted by molar-refractivity contribution is 5.95. The summed E-state index contributed by atoms with van der Waals surface area (Å²) in [6.07, 6.45) is 1.68. The summed E-state index contributed by atoms with van der Waals surface area (Å²) in [5.41, 5.74) is 0. The van der Waals surface area contributed by atoms with E-state index in [9.17, 15) is 14.4 Å². The van der Waals surface area contributed by atoms with Gasteiger partial charge in [0.25, 0.3) is 5.91 Å². The number of nitrogens with one attached hydrogen (secondary N) is 1. The van der Waals surface area contributed by atoms with Gasteiger partial charge in [0.15, 0.2) is 12.2 Å². The van der Waals surface area contributed by atoms with E-state index in [0.717, 1.165) is 0 Å². The van der Waals surface area contributed by atoms with Gasteiger partial charge in [-0.25, -0.2) is 14.8 Å². The number of ether oxygens (including phenoxy) is 1. The number of epoxide rings is 1. The van der Waals surface area contributed by atoms with E-state index in [-0.39, 0.29) is 11.8 Å². The van der Waals surface area contributed by atoms with Crippen molar-refractivity contribution in [2.24, 2.45) is 5.92 Å². The fourth-order valence-electron chi connectivity index (χ4n) is 3.25. The molecule has 0 aliphatic carbocycles. The molecule has 3 heterocycles. The molecular weight excluding hydrogens is 366 g/mol. The maximum atomic E-state index is 13.0. The second-order valence-corrected chi connectivity index (χ2v) is 7.37. The zero-order chi connectivity index (χ0) is 20.3. The van der Waals surface area contributed by atoms with E-state index in [4.69, 9.17) is 9.84 Å². The lowest BCUT2D eigenvalue weighted by Crippen LogP contribution is -2.56. The molecule has 2 saturated heterocycles. The molecule has 152 valence electrons. The van der Waals surface area contributed by atoms with Gasteiger partial charge in [0.05, 0.1) is 0 Å². The Morgan fingerprint density at radius 2 is 1.82 bits per heavy atom. The van der Waals surface area contributed by atoms with Crippen LogP contribution in [0.1, 0.15) is 20.3 Å². The third-order valence-corrected chi connectivity index (χ3v) is 4.74. The molecule has 0 radical (unpaired) electrons. The molecule has 2 N–H and O–H groups in total. The predicted octanol–water partition coefficient (Wildman–Crippen LogP) is -0.492. The lowest BCUT2D eigenvalue weighted by Gasteiger charge is -2.36. The van der Waals surface area contributed by atoms with Crippen LogP contribution < -0.4 is 10.2 Å². The van der Waals surface area contributed by atoms with Crippen molar-refractivity contribution in [3.8, 4) is 0 Å². The molecule has 2 aliphatic rings. The molecule has 0 spiro atoms. The predicted molar refractivity (Wildman–Crippen MR) is 98.5 cm³/mol. The minimum Gasteiger partial charge on any atom is -0.479 e. The average Bonchev–Trinajstić information content (AvgIpc) is 3.49. The van der Waals surface area contributed by atoms with E-state index < -0.39 is 30.1 Å². The number of anilines is 1. The van der Waals surface area contributed by atoms with Gasteiger partial charge in [-0.2, -0.15) is 0 Å². The first-order valence-corrected chi connectivity index (χ1v) is 9.36. The first kappa shape index (κ1) is 20.0. The highest BCUT2D eigenvalue weighted by Gasteiger charge is 2.51. The minimum absolute atomic E-state index is 0.164. The second kappa shape index (κ2) is 8.51. The summed E-state index contributed by atoms with van der Waals surface area (Å²) < 4.78 is 4.88. The Kier molecular flexibility index (Phi) is 6.08. The zero-order valence-corrected chi connectivity index (χ0v) is 15.9. The van der Waals surface area contributed by atoms with Crippen LogP contribution in [0.4, 0.5) is 5.95 Å². The maximum Gasteiger partial charge on any atom is 0.336 e. The zero-order valence-electron chi connectivity index (χ0n) is 15.9. The number of aliphatic carboxylic acids is 1. The molecule has 0 bridgehead atoms. The smallest absolute Gasteiger partial charge is 0.336 e. The number of hydrogen-bond acceptors (Lipinski definition) is 7. The van der Waals surface area contributed by atoms with Crippen molar-refractivity contribution >= 4 is 23.7 Å². The second-order valence-electron chi connectivity index (χ2n) is 7.37. The van der Waals surface area contributed by atoms with Crippen LogP contribution in [0.15, 0.2) is 18.5 Å². The van der Waals surface area contributed by atoms with Gasteiger partial charge < -0.3 is 25.0 Å². The summed E-state index contributed by atoms with van der Waals surface area (Å²) in [6, 6.07) is 1.05. The molecule has 10 nitrogen and oxygen atoms in total. The van der Waals surface area contributed by atoms with E-state index in [2.05, 4.69) is 15.3 Å². The Bertz CT molecular complexity index is 720. The quantitative estimate of drug-likeness (QED) is 0.596. The Labute approximate surface area is 162 Å². The van der Waals surface area contributed by atoms with Gasteiger partial charge in [-0.05, 0) is 18.4 Å². The Morgan fingerprint density at radius 3 is 2.36 bits per heavy atom. The van der Waals surface area contributed by atoms with E-state index in [1.807, 2.05) is 18.7 Å². The van der Waals surface area contributed by atoms with Gasteiger partial charge >= 0.3 is 5.97 Å². The van der Waals surface area contributed by atoms with Gasteiger partial charge in [-0.3, -0.25) is 9.59 Å². The van der Waals surface area contributed by atoms with Crippen molar-refractivity contribution < 1.29 is 24.2 Å². The first-order chi connectivity index (χ1) is 13.4. The molecular formula is C18H25N5O5. The number of rotatable bonds is 7. The van der Waals surface area contributed by atoms with E-state index >= 15 is 0 Å². The summed E-state index contributed by atoms with van der Waals surface area (Å²) in [5, 5.41) is 11.6. The molecule has 1 aromatic rings. The van der Waals surface area contributed by atoms with Gasteiger partial charge in [-0.15, -0.1) is 0 Å². The van der Waals surface area contributed by atoms with Crippen LogP contribution in [0.5, 0.6) is 0 Å². The molecule has 28 heavy (non-hydrogen) atoms. The van der Waals surface area contributed by atoms with Crippen LogP contribution in [-0.2, 0) is 19.1 Å². The molecule has 2 aliphatic heterocycles. The highest BCUT2D eigenvalue weighted by atomic mass is 16.6. The molecule has 0 unspecified atom stereocenters. The van der Waals surface area contributed by atoms with Crippen LogP contribution in [-0.4, -0.2) is 82.2 Å². The topological polar surface area (TPSA) is 128 Å². The van der Waals surface area contributed by atoms with E-state index in [1.54, 1.807) is 23.4 Å². The van der Waals surface area contributed by atoms with E-state index in [0.29, 0.717) is 38.5 Å². The third kappa shape index (κ3) is 4.75. The SMILES string of the molecule is CC(C)C[C@H](NC(=O)[C@H]1O[C@@H]1C(=O)O)C(=O)N1CCN(c2ncccn2)CC1. The number of carbonyl (C=O) groups excluding carboxylic acids is 2. The Balaban J connectivity index is 1.57. The molecule has 3 atom stereocenters. The van der Waals surface area contributed by atoms with E-state index in [1.165, 1.54) is 0 Å². The van der Waals surface area contributed by atoms with Gasteiger partial charge in [-0.1, -0.05) is 13.8 Å². The molecule has 1 aromatic heterocycles. The fourth-order valence-corrected chi connectivity index (χ4v) is 3.25. The molecule has 0 aromatic carbocycles. The van der Waals surface area contributed by atoms with Crippen LogP contribution in [0.25, 0.3) is 0 Å². The van der Waals surface area contributed by atoms with Crippen molar-refractivity contribution in [1.82, 2.24) is 20.2 Å². The van der Waals surface area contributed by atoms with Crippen molar-refractivity contribution in [3.05, 3.63) is 18.5 Å². The summed E-state index contributed by atoms with van der Waals surface area (Å²) in [4.78, 5) is 48.3. The van der Waals surface area contributed by atoms with Gasteiger partial charge in [0.1, 0.15) is 6.04 Å². The van der Waals surface area contributed by atoms with Crippen LogP contribution in [0, 0.1) is 5.92 Å². The van der Waals surface area contributed by atoms with Gasteiger partial charge in [0.2, 0.25) is 11.9 Å². The Morgan fingerprint density at radius 1 is 1.18 bits per heavy atom. The number of carboxylic acids is 1. The lowest BCUT2D eigenvalue weighted by molar-refractivity contribution is -0.138. The summed E-state index contributed by atoms with van der Waals surface area (Å²) in [5.74, 6) is -1.08. The monoisotopic (exact) mass is 391 g/mol. The molecule has 0 saturated carbocycles. The van der Waals surface area contributed by atoms with Crippen molar-refractivity contribution in [2.75, 3.05) is 31.1 Å². The van der Waals surface area contributed by atoms with Crippen LogP contribution >= 0.6 is 0 Å². The number of carboxylic acid groups (broad SMARTS) is 1. The third-order valence-electron chi connectivity index (χ3n) is 4.74. The van der Waals surface area contributed by atoms with Crippen molar-refractivity contribution in [3.63, 3.8) is 0 Å². The minimum atomic E-state index is -1.17. The molecule has 10 heteroatoms. The van der Waals surface area contributed by atoms with Crippen LogP contribution in [0.2, 0.25) is 0 Å². The molecule has 2 amide bonds. The highest BCUT2D eigenvalue weighted by Crippen LogP contribution is 2.23. The summed E-state index contributed by atoms with van der Waals surface area (Å²) in [7, 11) is 0. The molecule has 2 fully saturated rings. The fraction of sp³-hybridized carbons (Fsp3) is 0.611. The number of nitrogens with zero attached hydrogens (tertiary/aromatic N) is 4. The number of piperazine rings is 1. The Hall–Kier alpha value is -2.75. The lowest BCUT2D eigenvalue weighted by atomic mass is 10.0. The number of carbonyl (C=O) groups is 3. The van der Waals surface area contributed by atoms with Crippen molar-refractivity contribution in [1.29, 1.82) is 0 Å². The van der Waals surface area contributed by atoms with Gasteiger partial charge in [0, 0.05) is 38.6 Å².